The summed E-state index contributed by atoms with van der Waals surface area (Å²) < 4.78 is 0.114. The first-order chi connectivity index (χ1) is 11.1. The van der Waals surface area contributed by atoms with E-state index < -0.39 is 5.97 Å². The first-order valence-electron chi connectivity index (χ1n) is 9.42. The van der Waals surface area contributed by atoms with Gasteiger partial charge in [0.1, 0.15) is 13.2 Å². The van der Waals surface area contributed by atoms with E-state index in [4.69, 9.17) is 9.94 Å². The second-order valence-corrected chi connectivity index (χ2v) is 6.46. The molecule has 1 heterocycles. The van der Waals surface area contributed by atoms with E-state index in [2.05, 4.69) is 11.9 Å². The van der Waals surface area contributed by atoms with E-state index in [0.29, 0.717) is 19.7 Å². The molecule has 0 aliphatic carbocycles. The fourth-order valence-electron chi connectivity index (χ4n) is 3.30. The van der Waals surface area contributed by atoms with Crippen molar-refractivity contribution < 1.29 is 24.9 Å². The number of unbranched alkanes of at least 4 members (excludes halogenated alkanes) is 8. The fourth-order valence-corrected chi connectivity index (χ4v) is 3.30. The molecule has 1 aliphatic heterocycles. The van der Waals surface area contributed by atoms with Crippen molar-refractivity contribution in [2.75, 3.05) is 26.2 Å². The van der Waals surface area contributed by atoms with Crippen LogP contribution in [0.25, 0.3) is 0 Å². The molecule has 1 atom stereocenters. The maximum atomic E-state index is 11.2. The van der Waals surface area contributed by atoms with Crippen molar-refractivity contribution in [1.29, 1.82) is 0 Å². The third kappa shape index (κ3) is 12.5. The summed E-state index contributed by atoms with van der Waals surface area (Å²) in [5.74, 6) is 0.109. The van der Waals surface area contributed by atoms with Gasteiger partial charge in [-0.1, -0.05) is 58.3 Å². The average molecular weight is 394 g/mol. The Morgan fingerprint density at radius 2 is 1.58 bits per heavy atom. The van der Waals surface area contributed by atoms with Gasteiger partial charge in [-0.2, -0.15) is 4.84 Å². The summed E-state index contributed by atoms with van der Waals surface area (Å²) in [6.07, 6.45) is 12.5. The van der Waals surface area contributed by atoms with E-state index >= 15 is 0 Å². The van der Waals surface area contributed by atoms with E-state index in [1.807, 2.05) is 6.92 Å². The third-order valence-corrected chi connectivity index (χ3v) is 4.50. The van der Waals surface area contributed by atoms with E-state index in [9.17, 15) is 4.79 Å². The molecule has 0 aromatic rings. The van der Waals surface area contributed by atoms with Crippen LogP contribution in [0, 0.1) is 0 Å². The van der Waals surface area contributed by atoms with Crippen molar-refractivity contribution in [2.24, 2.45) is 4.99 Å². The van der Waals surface area contributed by atoms with Crippen molar-refractivity contribution in [3.63, 3.8) is 0 Å². The van der Waals surface area contributed by atoms with Crippen molar-refractivity contribution in [2.45, 2.75) is 78.1 Å². The molecule has 146 valence electrons. The number of hydrogen-bond donors (Lipinski definition) is 1. The van der Waals surface area contributed by atoms with Gasteiger partial charge in [0.15, 0.2) is 0 Å². The number of carbonyl (C=O) groups is 1. The van der Waals surface area contributed by atoms with Crippen molar-refractivity contribution >= 4 is 70.9 Å². The zero-order chi connectivity index (χ0) is 17.0. The Bertz CT molecular complexity index is 384. The Hall–Kier alpha value is 1.02. The van der Waals surface area contributed by atoms with Crippen molar-refractivity contribution in [3.05, 3.63) is 0 Å². The fraction of sp³-hybridized carbons (Fsp3) is 0.889. The van der Waals surface area contributed by atoms with E-state index in [1.54, 1.807) is 0 Å². The van der Waals surface area contributed by atoms with Crippen LogP contribution in [0.15, 0.2) is 4.99 Å². The molecule has 0 amide bonds. The quantitative estimate of drug-likeness (QED) is 0.278. The molecule has 0 saturated carbocycles. The predicted octanol–water partition coefficient (Wildman–Crippen LogP) is 2.05. The maximum absolute atomic E-state index is 11.2. The van der Waals surface area contributed by atoms with E-state index in [1.165, 1.54) is 51.4 Å². The second kappa shape index (κ2) is 19.3. The van der Waals surface area contributed by atoms with Crippen LogP contribution in [0.4, 0.5) is 0 Å². The topological polar surface area (TPSA) is 90.4 Å². The summed E-state index contributed by atoms with van der Waals surface area (Å²) in [5, 5.41) is 9.16. The molecule has 0 saturated heterocycles. The van der Waals surface area contributed by atoms with Gasteiger partial charge >= 0.3 is 65.1 Å². The molecule has 26 heavy (non-hydrogen) atoms. The van der Waals surface area contributed by atoms with Crippen LogP contribution in [0.2, 0.25) is 0 Å². The van der Waals surface area contributed by atoms with E-state index in [0.717, 1.165) is 18.7 Å². The molecule has 0 fully saturated rings. The van der Waals surface area contributed by atoms with Crippen LogP contribution in [0.5, 0.6) is 0 Å². The van der Waals surface area contributed by atoms with Crippen LogP contribution < -0.4 is 0 Å². The zero-order valence-electron chi connectivity index (χ0n) is 15.6. The van der Waals surface area contributed by atoms with Crippen LogP contribution in [0.1, 0.15) is 78.1 Å². The number of hydrogen-bond acceptors (Lipinski definition) is 3. The van der Waals surface area contributed by atoms with Gasteiger partial charge in [-0.15, -0.1) is 4.65 Å². The number of quaternary nitrogens is 1. The number of rotatable bonds is 14. The standard InChI is InChI=1S/C18H34N2O3.2Na.H2O.2H/c1-3-5-6-7-8-9-10-11-12-13-17-19-14-15-20(17,23-4-2)16-18(21)22;;;;;/h3-16H2,1-2H3;;;1H2;;/p+1. The number of nitrogens with zero attached hydrogens (tertiary/aromatic N) is 2. The monoisotopic (exact) mass is 393 g/mol. The molecular formula is C18H39N2Na2O4+. The number of amidine groups is 1. The first-order valence-corrected chi connectivity index (χ1v) is 9.42. The number of carboxylic acids is 1. The van der Waals surface area contributed by atoms with Gasteiger partial charge in [-0.3, -0.25) is 0 Å². The van der Waals surface area contributed by atoms with Gasteiger partial charge in [0.25, 0.3) is 0 Å². The molecule has 3 N–H and O–H groups in total. The summed E-state index contributed by atoms with van der Waals surface area (Å²) >= 11 is 0. The summed E-state index contributed by atoms with van der Waals surface area (Å²) in [6, 6.07) is 0. The second-order valence-electron chi connectivity index (χ2n) is 6.46. The Morgan fingerprint density at radius 1 is 1.04 bits per heavy atom. The first kappa shape index (κ1) is 31.7. The van der Waals surface area contributed by atoms with Gasteiger partial charge in [0.05, 0.1) is 6.54 Å². The zero-order valence-corrected chi connectivity index (χ0v) is 15.6. The van der Waals surface area contributed by atoms with Crippen LogP contribution in [-0.2, 0) is 9.63 Å². The Morgan fingerprint density at radius 3 is 2.08 bits per heavy atom. The van der Waals surface area contributed by atoms with Crippen LogP contribution in [0.3, 0.4) is 0 Å². The SMILES string of the molecule is CCCCCCCCCCCC1=NCC[N+]1(CC(=O)O)OCC.O.[NaH].[NaH]. The van der Waals surface area contributed by atoms with Gasteiger partial charge in [0, 0.05) is 6.42 Å². The van der Waals surface area contributed by atoms with Crippen LogP contribution in [-0.4, -0.2) is 112 Å². The summed E-state index contributed by atoms with van der Waals surface area (Å²) in [4.78, 5) is 21.5. The molecular weight excluding hydrogens is 354 g/mol. The molecule has 8 heteroatoms. The van der Waals surface area contributed by atoms with Gasteiger partial charge < -0.3 is 10.6 Å². The molecule has 0 aromatic carbocycles. The van der Waals surface area contributed by atoms with Crippen molar-refractivity contribution in [3.8, 4) is 0 Å². The molecule has 1 rings (SSSR count). The molecule has 0 aromatic heterocycles. The summed E-state index contributed by atoms with van der Waals surface area (Å²) in [5.41, 5.74) is 0. The Labute approximate surface area is 203 Å². The molecule has 6 nitrogen and oxygen atoms in total. The number of hydroxylamine groups is 3. The van der Waals surface area contributed by atoms with Crippen LogP contribution >= 0.6 is 0 Å². The predicted molar refractivity (Wildman–Crippen MR) is 111 cm³/mol. The Kier molecular flexibility index (Phi) is 23.6. The average Bonchev–Trinajstić information content (AvgIpc) is 2.87. The van der Waals surface area contributed by atoms with Gasteiger partial charge in [-0.05, 0) is 13.3 Å². The number of carboxylic acid groups (broad SMARTS) is 1. The third-order valence-electron chi connectivity index (χ3n) is 4.50. The number of aliphatic imine (C=N–C) groups is 1. The number of aliphatic carboxylic acids is 1. The summed E-state index contributed by atoms with van der Waals surface area (Å²) in [7, 11) is 0. The van der Waals surface area contributed by atoms with Gasteiger partial charge in [0.2, 0.25) is 12.4 Å². The normalized spacial score (nSPS) is 18.3. The molecule has 0 spiro atoms. The minimum atomic E-state index is -0.819. The minimum absolute atomic E-state index is 0. The Balaban J connectivity index is -0.00000176. The summed E-state index contributed by atoms with van der Waals surface area (Å²) in [6.45, 7) is 6.01. The molecule has 1 unspecified atom stereocenters. The molecule has 0 radical (unpaired) electrons. The molecule has 0 bridgehead atoms. The van der Waals surface area contributed by atoms with Gasteiger partial charge in [-0.25, -0.2) is 9.79 Å². The molecule has 1 aliphatic rings. The van der Waals surface area contributed by atoms with Crippen molar-refractivity contribution in [1.82, 2.24) is 0 Å². The van der Waals surface area contributed by atoms with E-state index in [-0.39, 0.29) is 75.8 Å².